The standard InChI is InChI=1S/C67H130O17P2/c1-9-60(8)46-38-30-21-16-18-24-34-42-50-67(72)84-62(53-77-64(69)47-39-31-22-17-15-20-28-36-44-58(4)5)55-81-85(73,74)79-51-61(68)52-80-86(75,76)82-56-63(54-78-65(70)48-40-32-26-25-29-37-45-59(6)7)83-66(71)49-41-33-23-14-12-10-11-13-19-27-35-43-57(2)3/h57-63,68H,9-56H2,1-8H3,(H,73,74)(H,75,76)/t60?,61-,62-,63-/m1/s1. The highest BCUT2D eigenvalue weighted by atomic mass is 31.2. The van der Waals surface area contributed by atoms with Crippen LogP contribution in [0.3, 0.4) is 0 Å². The van der Waals surface area contributed by atoms with Crippen molar-refractivity contribution < 1.29 is 80.2 Å². The van der Waals surface area contributed by atoms with E-state index in [4.69, 9.17) is 37.0 Å². The highest BCUT2D eigenvalue weighted by molar-refractivity contribution is 7.47. The number of esters is 4. The van der Waals surface area contributed by atoms with Crippen LogP contribution in [0.5, 0.6) is 0 Å². The predicted molar refractivity (Wildman–Crippen MR) is 344 cm³/mol. The molecular weight excluding hydrogens is 1140 g/mol. The summed E-state index contributed by atoms with van der Waals surface area (Å²) in [5, 5.41) is 10.6. The second-order valence-electron chi connectivity index (χ2n) is 25.9. The minimum atomic E-state index is -4.95. The number of unbranched alkanes of at least 4 members (excludes halogenated alkanes) is 29. The van der Waals surface area contributed by atoms with Crippen molar-refractivity contribution in [3.8, 4) is 0 Å². The Morgan fingerprint density at radius 1 is 0.326 bits per heavy atom. The van der Waals surface area contributed by atoms with E-state index in [1.54, 1.807) is 0 Å². The molecule has 0 spiro atoms. The van der Waals surface area contributed by atoms with Crippen LogP contribution in [-0.2, 0) is 65.4 Å². The van der Waals surface area contributed by atoms with Crippen molar-refractivity contribution in [1.29, 1.82) is 0 Å². The lowest BCUT2D eigenvalue weighted by atomic mass is 9.99. The van der Waals surface area contributed by atoms with Gasteiger partial charge in [-0.1, -0.05) is 274 Å². The normalized spacial score (nSPS) is 14.7. The Bertz CT molecular complexity index is 1720. The van der Waals surface area contributed by atoms with E-state index in [0.29, 0.717) is 31.6 Å². The molecule has 0 heterocycles. The Morgan fingerprint density at radius 2 is 0.558 bits per heavy atom. The molecule has 19 heteroatoms. The van der Waals surface area contributed by atoms with Gasteiger partial charge in [0.2, 0.25) is 0 Å². The Balaban J connectivity index is 5.25. The molecule has 0 bridgehead atoms. The van der Waals surface area contributed by atoms with Gasteiger partial charge in [-0.25, -0.2) is 9.13 Å². The summed E-state index contributed by atoms with van der Waals surface area (Å²) in [4.78, 5) is 72.4. The number of carbonyl (C=O) groups excluding carboxylic acids is 4. The molecule has 86 heavy (non-hydrogen) atoms. The maximum atomic E-state index is 13.0. The largest absolute Gasteiger partial charge is 0.472 e. The van der Waals surface area contributed by atoms with Crippen molar-refractivity contribution in [2.45, 2.75) is 343 Å². The fraction of sp³-hybridized carbons (Fsp3) is 0.940. The van der Waals surface area contributed by atoms with Gasteiger partial charge in [-0.05, 0) is 49.4 Å². The summed E-state index contributed by atoms with van der Waals surface area (Å²) in [6.07, 6.45) is 37.7. The molecule has 0 fully saturated rings. The maximum absolute atomic E-state index is 13.0. The molecule has 0 aliphatic heterocycles. The van der Waals surface area contributed by atoms with E-state index in [9.17, 15) is 43.2 Å². The maximum Gasteiger partial charge on any atom is 0.472 e. The molecule has 0 amide bonds. The molecule has 0 rings (SSSR count). The van der Waals surface area contributed by atoms with Crippen LogP contribution in [0.4, 0.5) is 0 Å². The number of aliphatic hydroxyl groups is 1. The molecule has 0 aliphatic carbocycles. The summed E-state index contributed by atoms with van der Waals surface area (Å²) >= 11 is 0. The minimum Gasteiger partial charge on any atom is -0.462 e. The average molecular weight is 1270 g/mol. The lowest BCUT2D eigenvalue weighted by molar-refractivity contribution is -0.161. The van der Waals surface area contributed by atoms with Gasteiger partial charge in [0, 0.05) is 25.7 Å². The Morgan fingerprint density at radius 3 is 0.826 bits per heavy atom. The molecule has 17 nitrogen and oxygen atoms in total. The van der Waals surface area contributed by atoms with E-state index >= 15 is 0 Å². The Kier molecular flexibility index (Phi) is 55.7. The van der Waals surface area contributed by atoms with Gasteiger partial charge in [-0.3, -0.25) is 37.3 Å². The van der Waals surface area contributed by atoms with Gasteiger partial charge in [0.05, 0.1) is 26.4 Å². The second kappa shape index (κ2) is 57.0. The predicted octanol–water partition coefficient (Wildman–Crippen LogP) is 18.5. The summed E-state index contributed by atoms with van der Waals surface area (Å²) in [6, 6.07) is 0. The zero-order chi connectivity index (χ0) is 63.9. The van der Waals surface area contributed by atoms with Crippen molar-refractivity contribution in [3.63, 3.8) is 0 Å². The first kappa shape index (κ1) is 84.1. The van der Waals surface area contributed by atoms with Crippen LogP contribution in [-0.4, -0.2) is 96.7 Å². The monoisotopic (exact) mass is 1270 g/mol. The molecule has 0 aliphatic rings. The number of rotatable bonds is 64. The van der Waals surface area contributed by atoms with Crippen molar-refractivity contribution >= 4 is 39.5 Å². The lowest BCUT2D eigenvalue weighted by Crippen LogP contribution is -2.30. The number of phosphoric acid groups is 2. The number of aliphatic hydroxyl groups excluding tert-OH is 1. The second-order valence-corrected chi connectivity index (χ2v) is 28.8. The van der Waals surface area contributed by atoms with Gasteiger partial charge in [0.25, 0.3) is 0 Å². The molecule has 0 aromatic heterocycles. The van der Waals surface area contributed by atoms with Crippen LogP contribution in [0.1, 0.15) is 325 Å². The third kappa shape index (κ3) is 59.7. The highest BCUT2D eigenvalue weighted by Crippen LogP contribution is 2.45. The number of hydrogen-bond donors (Lipinski definition) is 3. The molecular formula is C67H130O17P2. The fourth-order valence-electron chi connectivity index (χ4n) is 9.93. The van der Waals surface area contributed by atoms with Crippen molar-refractivity contribution in [3.05, 3.63) is 0 Å². The molecule has 0 saturated heterocycles. The quantitative estimate of drug-likeness (QED) is 0.0222. The SMILES string of the molecule is CCC(C)CCCCCCCCCCC(=O)O[C@H](COC(=O)CCCCCCCCCCC(C)C)COP(=O)(O)OC[C@@H](O)COP(=O)(O)OC[C@@H](COC(=O)CCCCCCCCC(C)C)OC(=O)CCCCCCCCCCCCCC(C)C. The molecule has 0 aromatic rings. The molecule has 3 unspecified atom stereocenters. The zero-order valence-electron chi connectivity index (χ0n) is 55.9. The number of phosphoric ester groups is 2. The average Bonchev–Trinajstić information content (AvgIpc) is 3.65. The van der Waals surface area contributed by atoms with E-state index in [1.165, 1.54) is 122 Å². The van der Waals surface area contributed by atoms with E-state index in [0.717, 1.165) is 114 Å². The summed E-state index contributed by atoms with van der Waals surface area (Å²) in [7, 11) is -9.90. The molecule has 6 atom stereocenters. The zero-order valence-corrected chi connectivity index (χ0v) is 57.7. The first-order valence-corrected chi connectivity index (χ1v) is 37.7. The van der Waals surface area contributed by atoms with Gasteiger partial charge in [0.15, 0.2) is 12.2 Å². The van der Waals surface area contributed by atoms with E-state index in [-0.39, 0.29) is 25.7 Å². The fourth-order valence-corrected chi connectivity index (χ4v) is 11.5. The third-order valence-electron chi connectivity index (χ3n) is 15.7. The molecule has 3 N–H and O–H groups in total. The van der Waals surface area contributed by atoms with Gasteiger partial charge in [-0.2, -0.15) is 0 Å². The Labute approximate surface area is 524 Å². The van der Waals surface area contributed by atoms with Gasteiger partial charge >= 0.3 is 39.5 Å². The number of hydrogen-bond acceptors (Lipinski definition) is 15. The lowest BCUT2D eigenvalue weighted by Gasteiger charge is -2.21. The van der Waals surface area contributed by atoms with Gasteiger partial charge < -0.3 is 33.8 Å². The van der Waals surface area contributed by atoms with E-state index in [2.05, 4.69) is 55.4 Å². The molecule has 0 saturated carbocycles. The van der Waals surface area contributed by atoms with Gasteiger partial charge in [0.1, 0.15) is 19.3 Å². The summed E-state index contributed by atoms with van der Waals surface area (Å²) in [5.74, 6) is 0.804. The first-order chi connectivity index (χ1) is 41.1. The summed E-state index contributed by atoms with van der Waals surface area (Å²) in [5.41, 5.74) is 0. The number of ether oxygens (including phenoxy) is 4. The third-order valence-corrected chi connectivity index (χ3v) is 17.6. The van der Waals surface area contributed by atoms with Crippen LogP contribution in [0.2, 0.25) is 0 Å². The Hall–Kier alpha value is -1.94. The van der Waals surface area contributed by atoms with Crippen LogP contribution in [0.25, 0.3) is 0 Å². The highest BCUT2D eigenvalue weighted by Gasteiger charge is 2.30. The molecule has 0 aromatic carbocycles. The smallest absolute Gasteiger partial charge is 0.462 e. The molecule has 510 valence electrons. The van der Waals surface area contributed by atoms with Crippen molar-refractivity contribution in [2.75, 3.05) is 39.6 Å². The summed E-state index contributed by atoms with van der Waals surface area (Å²) < 4.78 is 68.1. The minimum absolute atomic E-state index is 0.104. The van der Waals surface area contributed by atoms with E-state index < -0.39 is 97.5 Å². The van der Waals surface area contributed by atoms with E-state index in [1.807, 2.05) is 0 Å². The van der Waals surface area contributed by atoms with Crippen LogP contribution in [0.15, 0.2) is 0 Å². The van der Waals surface area contributed by atoms with Crippen LogP contribution in [0, 0.1) is 23.7 Å². The topological polar surface area (TPSA) is 237 Å². The summed E-state index contributed by atoms with van der Waals surface area (Å²) in [6.45, 7) is 14.0. The van der Waals surface area contributed by atoms with Crippen molar-refractivity contribution in [1.82, 2.24) is 0 Å². The van der Waals surface area contributed by atoms with Crippen molar-refractivity contribution in [2.24, 2.45) is 23.7 Å². The van der Waals surface area contributed by atoms with Crippen LogP contribution >= 0.6 is 15.6 Å². The molecule has 0 radical (unpaired) electrons. The first-order valence-electron chi connectivity index (χ1n) is 34.7. The number of carbonyl (C=O) groups is 4. The van der Waals surface area contributed by atoms with Crippen LogP contribution < -0.4 is 0 Å². The van der Waals surface area contributed by atoms with Gasteiger partial charge in [-0.15, -0.1) is 0 Å².